The number of hydrogen-bond acceptors (Lipinski definition) is 8. The van der Waals surface area contributed by atoms with Crippen molar-refractivity contribution in [3.63, 3.8) is 0 Å². The summed E-state index contributed by atoms with van der Waals surface area (Å²) in [5.41, 5.74) is 3.70. The number of hydrogen-bond donors (Lipinski definition) is 4. The Balaban J connectivity index is 1.16. The van der Waals surface area contributed by atoms with Crippen LogP contribution in [0.4, 0.5) is 34.9 Å². The van der Waals surface area contributed by atoms with Gasteiger partial charge >= 0.3 is 0 Å². The Hall–Kier alpha value is -4.43. The van der Waals surface area contributed by atoms with Crippen LogP contribution in [0.1, 0.15) is 12.8 Å². The molecule has 9 heteroatoms. The van der Waals surface area contributed by atoms with Gasteiger partial charge in [-0.15, -0.1) is 0 Å². The van der Waals surface area contributed by atoms with Crippen molar-refractivity contribution in [2.24, 2.45) is 0 Å². The summed E-state index contributed by atoms with van der Waals surface area (Å²) in [4.78, 5) is 18.1. The van der Waals surface area contributed by atoms with Crippen molar-refractivity contribution in [1.82, 2.24) is 19.9 Å². The summed E-state index contributed by atoms with van der Waals surface area (Å²) in [7, 11) is 0. The van der Waals surface area contributed by atoms with Gasteiger partial charge in [-0.05, 0) is 55.3 Å². The van der Waals surface area contributed by atoms with E-state index in [4.69, 9.17) is 11.6 Å². The van der Waals surface area contributed by atoms with Gasteiger partial charge in [0.1, 0.15) is 0 Å². The van der Waals surface area contributed by atoms with E-state index < -0.39 is 0 Å². The van der Waals surface area contributed by atoms with Gasteiger partial charge < -0.3 is 21.3 Å². The molecule has 8 nitrogen and oxygen atoms in total. The second-order valence-corrected chi connectivity index (χ2v) is 8.85. The number of halogens is 1. The molecule has 186 valence electrons. The Morgan fingerprint density at radius 2 is 1.19 bits per heavy atom. The summed E-state index contributed by atoms with van der Waals surface area (Å²) in [5.74, 6) is 1.44. The molecule has 0 atom stereocenters. The number of nitrogens with zero attached hydrogens (tertiary/aromatic N) is 4. The van der Waals surface area contributed by atoms with Crippen molar-refractivity contribution in [3.05, 3.63) is 96.1 Å². The predicted molar refractivity (Wildman–Crippen MR) is 152 cm³/mol. The van der Waals surface area contributed by atoms with Gasteiger partial charge in [0, 0.05) is 34.9 Å². The Bertz CT molecular complexity index is 1390. The first kappa shape index (κ1) is 24.3. The lowest BCUT2D eigenvalue weighted by molar-refractivity contribution is 0.789. The number of anilines is 6. The fourth-order valence-corrected chi connectivity index (χ4v) is 3.91. The molecule has 2 heterocycles. The number of aromatic nitrogens is 4. The Labute approximate surface area is 220 Å². The third-order valence-corrected chi connectivity index (χ3v) is 5.79. The highest BCUT2D eigenvalue weighted by Crippen LogP contribution is 2.21. The molecule has 0 aliphatic heterocycles. The Morgan fingerprint density at radius 1 is 0.595 bits per heavy atom. The zero-order chi connectivity index (χ0) is 25.3. The molecule has 37 heavy (non-hydrogen) atoms. The number of para-hydroxylation sites is 2. The van der Waals surface area contributed by atoms with E-state index in [2.05, 4.69) is 47.3 Å². The molecule has 2 aromatic heterocycles. The monoisotopic (exact) mass is 510 g/mol. The lowest BCUT2D eigenvalue weighted by Gasteiger charge is -2.12. The van der Waals surface area contributed by atoms with Gasteiger partial charge in [0.15, 0.2) is 0 Å². The van der Waals surface area contributed by atoms with Crippen LogP contribution >= 0.6 is 11.6 Å². The van der Waals surface area contributed by atoms with E-state index in [1.165, 1.54) is 0 Å². The molecule has 5 aromatic rings. The molecule has 0 aliphatic rings. The normalized spacial score (nSPS) is 10.7. The van der Waals surface area contributed by atoms with Gasteiger partial charge in [0.25, 0.3) is 0 Å². The van der Waals surface area contributed by atoms with Crippen molar-refractivity contribution < 1.29 is 0 Å². The SMILES string of the molecule is Clc1ccc2cc(NCCCCNc3nc(Nc4ccccc4)nc(Nc4ccccc4)n3)cnc2c1. The second-order valence-electron chi connectivity index (χ2n) is 8.41. The predicted octanol–water partition coefficient (Wildman–Crippen LogP) is 6.86. The van der Waals surface area contributed by atoms with E-state index in [0.29, 0.717) is 22.9 Å². The first-order valence-corrected chi connectivity index (χ1v) is 12.5. The standard InChI is InChI=1S/C28H27ClN8/c29-21-14-13-20-17-24(19-32-25(20)18-21)30-15-7-8-16-31-26-35-27(33-22-9-3-1-4-10-22)37-28(36-26)34-23-11-5-2-6-12-23/h1-6,9-14,17-19,30H,7-8,15-16H2,(H3,31,33,34,35,36,37). The van der Waals surface area contributed by atoms with Crippen LogP contribution in [0.3, 0.4) is 0 Å². The molecule has 0 aliphatic carbocycles. The highest BCUT2D eigenvalue weighted by molar-refractivity contribution is 6.31. The highest BCUT2D eigenvalue weighted by atomic mass is 35.5. The minimum Gasteiger partial charge on any atom is -0.384 e. The maximum Gasteiger partial charge on any atom is 0.233 e. The van der Waals surface area contributed by atoms with Gasteiger partial charge in [-0.25, -0.2) is 0 Å². The van der Waals surface area contributed by atoms with Crippen LogP contribution in [0.2, 0.25) is 5.02 Å². The van der Waals surface area contributed by atoms with Crippen molar-refractivity contribution >= 4 is 57.4 Å². The van der Waals surface area contributed by atoms with Crippen LogP contribution in [0, 0.1) is 0 Å². The van der Waals surface area contributed by atoms with Crippen LogP contribution in [0.5, 0.6) is 0 Å². The maximum atomic E-state index is 6.04. The van der Waals surface area contributed by atoms with Crippen molar-refractivity contribution in [1.29, 1.82) is 0 Å². The fraction of sp³-hybridized carbons (Fsp3) is 0.143. The van der Waals surface area contributed by atoms with Crippen LogP contribution < -0.4 is 21.3 Å². The second kappa shape index (κ2) is 12.0. The largest absolute Gasteiger partial charge is 0.384 e. The van der Waals surface area contributed by atoms with E-state index >= 15 is 0 Å². The Morgan fingerprint density at radius 3 is 1.84 bits per heavy atom. The zero-order valence-corrected chi connectivity index (χ0v) is 20.9. The van der Waals surface area contributed by atoms with Crippen molar-refractivity contribution in [2.75, 3.05) is 34.4 Å². The van der Waals surface area contributed by atoms with Gasteiger partial charge in [0.05, 0.1) is 17.4 Å². The first-order valence-electron chi connectivity index (χ1n) is 12.1. The van der Waals surface area contributed by atoms with Crippen LogP contribution in [0.25, 0.3) is 10.9 Å². The van der Waals surface area contributed by atoms with Gasteiger partial charge in [-0.1, -0.05) is 54.1 Å². The minimum absolute atomic E-state index is 0.467. The summed E-state index contributed by atoms with van der Waals surface area (Å²) in [6, 6.07) is 27.5. The lowest BCUT2D eigenvalue weighted by Crippen LogP contribution is -2.11. The topological polar surface area (TPSA) is 99.7 Å². The first-order chi connectivity index (χ1) is 18.2. The molecule has 0 bridgehead atoms. The average Bonchev–Trinajstić information content (AvgIpc) is 2.92. The van der Waals surface area contributed by atoms with Gasteiger partial charge in [-0.3, -0.25) is 4.98 Å². The van der Waals surface area contributed by atoms with Crippen LogP contribution in [-0.4, -0.2) is 33.0 Å². The summed E-state index contributed by atoms with van der Waals surface area (Å²) >= 11 is 6.04. The maximum absolute atomic E-state index is 6.04. The number of rotatable bonds is 11. The van der Waals surface area contributed by atoms with E-state index in [0.717, 1.165) is 53.9 Å². The number of pyridine rings is 1. The molecule has 0 radical (unpaired) electrons. The van der Waals surface area contributed by atoms with Gasteiger partial charge in [0.2, 0.25) is 17.8 Å². The van der Waals surface area contributed by atoms with Crippen molar-refractivity contribution in [2.45, 2.75) is 12.8 Å². The summed E-state index contributed by atoms with van der Waals surface area (Å²) < 4.78 is 0. The van der Waals surface area contributed by atoms with Gasteiger partial charge in [-0.2, -0.15) is 15.0 Å². The zero-order valence-electron chi connectivity index (χ0n) is 20.2. The molecule has 0 amide bonds. The third kappa shape index (κ3) is 7.05. The molecule has 5 rings (SSSR count). The highest BCUT2D eigenvalue weighted by Gasteiger charge is 2.08. The van der Waals surface area contributed by atoms with Crippen molar-refractivity contribution in [3.8, 4) is 0 Å². The van der Waals surface area contributed by atoms with Crippen LogP contribution in [-0.2, 0) is 0 Å². The quantitative estimate of drug-likeness (QED) is 0.143. The summed E-state index contributed by atoms with van der Waals surface area (Å²) in [6.45, 7) is 1.57. The van der Waals surface area contributed by atoms with E-state index in [-0.39, 0.29) is 0 Å². The smallest absolute Gasteiger partial charge is 0.233 e. The summed E-state index contributed by atoms with van der Waals surface area (Å²) in [5, 5.41) is 15.0. The molecular weight excluding hydrogens is 484 g/mol. The molecule has 0 saturated carbocycles. The number of fused-ring (bicyclic) bond motifs is 1. The molecule has 0 spiro atoms. The molecule has 0 unspecified atom stereocenters. The van der Waals surface area contributed by atoms with E-state index in [9.17, 15) is 0 Å². The molecule has 4 N–H and O–H groups in total. The molecule has 3 aromatic carbocycles. The number of nitrogens with one attached hydrogen (secondary N) is 4. The minimum atomic E-state index is 0.467. The third-order valence-electron chi connectivity index (χ3n) is 5.56. The number of unbranched alkanes of at least 4 members (excludes halogenated alkanes) is 1. The fourth-order valence-electron chi connectivity index (χ4n) is 3.74. The molecular formula is C28H27ClN8. The lowest BCUT2D eigenvalue weighted by atomic mass is 10.2. The molecule has 0 fully saturated rings. The van der Waals surface area contributed by atoms with E-state index in [1.54, 1.807) is 0 Å². The van der Waals surface area contributed by atoms with Crippen LogP contribution in [0.15, 0.2) is 91.1 Å². The van der Waals surface area contributed by atoms with E-state index in [1.807, 2.05) is 85.1 Å². The Kier molecular flexibility index (Phi) is 7.88. The summed E-state index contributed by atoms with van der Waals surface area (Å²) in [6.07, 6.45) is 3.75. The average molecular weight is 511 g/mol. The number of benzene rings is 3. The molecule has 0 saturated heterocycles.